The van der Waals surface area contributed by atoms with Crippen LogP contribution in [0.2, 0.25) is 0 Å². The summed E-state index contributed by atoms with van der Waals surface area (Å²) >= 11 is 7.11. The van der Waals surface area contributed by atoms with Crippen molar-refractivity contribution >= 4 is 31.9 Å². The Balaban J connectivity index is 2.39. The van der Waals surface area contributed by atoms with Gasteiger partial charge in [-0.15, -0.1) is 0 Å². The van der Waals surface area contributed by atoms with Crippen molar-refractivity contribution in [3.63, 3.8) is 0 Å². The Hall–Kier alpha value is -0.580. The number of aryl methyl sites for hydroxylation is 1. The van der Waals surface area contributed by atoms with Gasteiger partial charge in [0.15, 0.2) is 0 Å². The molecule has 1 heterocycles. The molecule has 0 spiro atoms. The van der Waals surface area contributed by atoms with Gasteiger partial charge in [-0.25, -0.2) is 0 Å². The molecule has 1 unspecified atom stereocenters. The summed E-state index contributed by atoms with van der Waals surface area (Å²) in [5, 5.41) is 3.54. The van der Waals surface area contributed by atoms with Crippen molar-refractivity contribution in [1.29, 1.82) is 0 Å². The van der Waals surface area contributed by atoms with Crippen LogP contribution in [-0.4, -0.2) is 6.54 Å². The molecule has 19 heavy (non-hydrogen) atoms. The Morgan fingerprint density at radius 2 is 2.05 bits per heavy atom. The van der Waals surface area contributed by atoms with Gasteiger partial charge in [-0.3, -0.25) is 0 Å². The number of halogens is 2. The van der Waals surface area contributed by atoms with Gasteiger partial charge in [-0.2, -0.15) is 0 Å². The van der Waals surface area contributed by atoms with Crippen molar-refractivity contribution in [2.45, 2.75) is 26.3 Å². The van der Waals surface area contributed by atoms with Gasteiger partial charge in [0.05, 0.1) is 16.8 Å². The molecule has 0 aliphatic carbocycles. The van der Waals surface area contributed by atoms with E-state index in [4.69, 9.17) is 4.42 Å². The van der Waals surface area contributed by atoms with Crippen LogP contribution in [0.4, 0.5) is 0 Å². The van der Waals surface area contributed by atoms with Crippen LogP contribution in [0.15, 0.2) is 43.9 Å². The maximum Gasteiger partial charge on any atom is 0.139 e. The normalized spacial score (nSPS) is 12.6. The Kier molecular flexibility index (Phi) is 5.25. The Bertz CT molecular complexity index is 531. The van der Waals surface area contributed by atoms with Gasteiger partial charge in [0, 0.05) is 4.47 Å². The van der Waals surface area contributed by atoms with Gasteiger partial charge in [-0.05, 0) is 65.1 Å². The van der Waals surface area contributed by atoms with Crippen LogP contribution < -0.4 is 5.32 Å². The molecule has 2 aromatic rings. The number of benzene rings is 1. The minimum absolute atomic E-state index is 0.0699. The topological polar surface area (TPSA) is 25.2 Å². The van der Waals surface area contributed by atoms with Gasteiger partial charge < -0.3 is 9.73 Å². The molecule has 1 aromatic carbocycles. The van der Waals surface area contributed by atoms with Crippen molar-refractivity contribution in [1.82, 2.24) is 5.32 Å². The summed E-state index contributed by atoms with van der Waals surface area (Å²) < 4.78 is 7.72. The molecule has 0 aliphatic heterocycles. The minimum Gasteiger partial charge on any atom is -0.466 e. The van der Waals surface area contributed by atoms with Crippen molar-refractivity contribution in [3.05, 3.63) is 56.4 Å². The van der Waals surface area contributed by atoms with E-state index in [1.807, 2.05) is 6.07 Å². The summed E-state index contributed by atoms with van der Waals surface area (Å²) in [6.07, 6.45) is 2.80. The van der Waals surface area contributed by atoms with Gasteiger partial charge in [-0.1, -0.05) is 28.9 Å². The highest BCUT2D eigenvalue weighted by Crippen LogP contribution is 2.31. The monoisotopic (exact) mass is 385 g/mol. The van der Waals surface area contributed by atoms with Crippen molar-refractivity contribution < 1.29 is 4.42 Å². The van der Waals surface area contributed by atoms with Crippen LogP contribution in [-0.2, 0) is 0 Å². The highest BCUT2D eigenvalue weighted by molar-refractivity contribution is 9.10. The zero-order valence-corrected chi connectivity index (χ0v) is 14.2. The molecule has 2 nitrogen and oxygen atoms in total. The van der Waals surface area contributed by atoms with Crippen LogP contribution in [0.25, 0.3) is 0 Å². The first-order valence-electron chi connectivity index (χ1n) is 6.35. The molecule has 4 heteroatoms. The van der Waals surface area contributed by atoms with E-state index < -0.39 is 0 Å². The molecule has 2 rings (SSSR count). The fourth-order valence-corrected chi connectivity index (χ4v) is 3.15. The summed E-state index contributed by atoms with van der Waals surface area (Å²) in [4.78, 5) is 0. The number of furan rings is 1. The summed E-state index contributed by atoms with van der Waals surface area (Å²) in [6.45, 7) is 5.21. The van der Waals surface area contributed by atoms with Crippen LogP contribution in [0, 0.1) is 6.92 Å². The molecule has 0 amide bonds. The molecular formula is C15H17Br2NO. The van der Waals surface area contributed by atoms with E-state index in [0.29, 0.717) is 0 Å². The summed E-state index contributed by atoms with van der Waals surface area (Å²) in [7, 11) is 0. The van der Waals surface area contributed by atoms with E-state index in [1.54, 1.807) is 6.26 Å². The van der Waals surface area contributed by atoms with Crippen molar-refractivity contribution in [3.8, 4) is 0 Å². The first-order valence-corrected chi connectivity index (χ1v) is 7.93. The Morgan fingerprint density at radius 3 is 2.63 bits per heavy atom. The van der Waals surface area contributed by atoms with Crippen LogP contribution >= 0.6 is 31.9 Å². The standard InChI is InChI=1S/C15H17Br2NO/c1-3-5-18-14(15-13(17)4-6-19-15)11-7-10(2)8-12(16)9-11/h4,6-9,14,18H,3,5H2,1-2H3. The third-order valence-electron chi connectivity index (χ3n) is 2.90. The maximum atomic E-state index is 5.63. The minimum atomic E-state index is 0.0699. The number of rotatable bonds is 5. The van der Waals surface area contributed by atoms with E-state index in [0.717, 1.165) is 27.7 Å². The third kappa shape index (κ3) is 3.71. The van der Waals surface area contributed by atoms with Crippen molar-refractivity contribution in [2.24, 2.45) is 0 Å². The van der Waals surface area contributed by atoms with Gasteiger partial charge in [0.25, 0.3) is 0 Å². The van der Waals surface area contributed by atoms with E-state index in [1.165, 1.54) is 11.1 Å². The van der Waals surface area contributed by atoms with E-state index >= 15 is 0 Å². The first-order chi connectivity index (χ1) is 9.11. The molecule has 0 saturated heterocycles. The number of nitrogens with one attached hydrogen (secondary N) is 1. The maximum absolute atomic E-state index is 5.63. The van der Waals surface area contributed by atoms with Gasteiger partial charge >= 0.3 is 0 Å². The molecule has 0 radical (unpaired) electrons. The molecule has 102 valence electrons. The molecule has 1 aromatic heterocycles. The molecule has 0 bridgehead atoms. The highest BCUT2D eigenvalue weighted by Gasteiger charge is 2.19. The molecule has 0 saturated carbocycles. The molecule has 0 fully saturated rings. The van der Waals surface area contributed by atoms with Crippen LogP contribution in [0.3, 0.4) is 0 Å². The van der Waals surface area contributed by atoms with Crippen LogP contribution in [0.1, 0.15) is 36.3 Å². The lowest BCUT2D eigenvalue weighted by Gasteiger charge is -2.18. The molecule has 1 atom stereocenters. The highest BCUT2D eigenvalue weighted by atomic mass is 79.9. The lowest BCUT2D eigenvalue weighted by molar-refractivity contribution is 0.444. The number of hydrogen-bond donors (Lipinski definition) is 1. The predicted molar refractivity (Wildman–Crippen MR) is 85.4 cm³/mol. The Labute approximate surface area is 130 Å². The predicted octanol–water partition coefficient (Wildman–Crippen LogP) is 5.20. The second kappa shape index (κ2) is 6.73. The zero-order chi connectivity index (χ0) is 13.8. The van der Waals surface area contributed by atoms with E-state index in [2.05, 4.69) is 69.2 Å². The van der Waals surface area contributed by atoms with Gasteiger partial charge in [0.1, 0.15) is 5.76 Å². The third-order valence-corrected chi connectivity index (χ3v) is 4.02. The summed E-state index contributed by atoms with van der Waals surface area (Å²) in [5.41, 5.74) is 2.44. The fourth-order valence-electron chi connectivity index (χ4n) is 2.09. The smallest absolute Gasteiger partial charge is 0.139 e. The SMILES string of the molecule is CCCNC(c1cc(C)cc(Br)c1)c1occc1Br. The van der Waals surface area contributed by atoms with Crippen LogP contribution in [0.5, 0.6) is 0 Å². The first kappa shape index (κ1) is 14.8. The van der Waals surface area contributed by atoms with Gasteiger partial charge in [0.2, 0.25) is 0 Å². The number of hydrogen-bond acceptors (Lipinski definition) is 2. The largest absolute Gasteiger partial charge is 0.466 e. The molecular weight excluding hydrogens is 370 g/mol. The molecule has 0 aliphatic rings. The zero-order valence-electron chi connectivity index (χ0n) is 11.0. The van der Waals surface area contributed by atoms with E-state index in [-0.39, 0.29) is 6.04 Å². The fraction of sp³-hybridized carbons (Fsp3) is 0.333. The quantitative estimate of drug-likeness (QED) is 0.763. The van der Waals surface area contributed by atoms with Crippen molar-refractivity contribution in [2.75, 3.05) is 6.54 Å². The lowest BCUT2D eigenvalue weighted by Crippen LogP contribution is -2.23. The summed E-state index contributed by atoms with van der Waals surface area (Å²) in [6, 6.07) is 8.43. The average molecular weight is 387 g/mol. The Morgan fingerprint density at radius 1 is 1.26 bits per heavy atom. The second-order valence-electron chi connectivity index (χ2n) is 4.58. The lowest BCUT2D eigenvalue weighted by atomic mass is 10.0. The summed E-state index contributed by atoms with van der Waals surface area (Å²) in [5.74, 6) is 0.922. The van der Waals surface area contributed by atoms with E-state index in [9.17, 15) is 0 Å². The second-order valence-corrected chi connectivity index (χ2v) is 6.35. The average Bonchev–Trinajstić information content (AvgIpc) is 2.75. The molecule has 1 N–H and O–H groups in total.